The lowest BCUT2D eigenvalue weighted by molar-refractivity contribution is -0.128. The van der Waals surface area contributed by atoms with Gasteiger partial charge in [-0.2, -0.15) is 0 Å². The third-order valence-electron chi connectivity index (χ3n) is 3.75. The number of aliphatic hydroxyl groups is 1. The lowest BCUT2D eigenvalue weighted by Crippen LogP contribution is -2.23. The number of aliphatic hydroxyl groups excluding tert-OH is 1. The van der Waals surface area contributed by atoms with E-state index in [4.69, 9.17) is 0 Å². The molecule has 1 aromatic rings. The zero-order valence-corrected chi connectivity index (χ0v) is 11.4. The molecule has 1 heterocycles. The minimum absolute atomic E-state index is 0.146. The Kier molecular flexibility index (Phi) is 3.76. The van der Waals surface area contributed by atoms with Crippen LogP contribution < -0.4 is 0 Å². The van der Waals surface area contributed by atoms with Gasteiger partial charge in [-0.1, -0.05) is 0 Å². The van der Waals surface area contributed by atoms with Crippen LogP contribution in [0, 0.1) is 6.92 Å². The highest BCUT2D eigenvalue weighted by atomic mass is 16.3. The quantitative estimate of drug-likeness (QED) is 0.886. The highest BCUT2D eigenvalue weighted by Crippen LogP contribution is 2.32. The van der Waals surface area contributed by atoms with Crippen molar-refractivity contribution in [3.63, 3.8) is 0 Å². The fourth-order valence-corrected chi connectivity index (χ4v) is 2.68. The second-order valence-electron chi connectivity index (χ2n) is 5.29. The van der Waals surface area contributed by atoms with Crippen LogP contribution in [-0.2, 0) is 17.8 Å². The third kappa shape index (κ3) is 2.43. The molecule has 0 saturated heterocycles. The molecule has 0 saturated carbocycles. The first-order valence-corrected chi connectivity index (χ1v) is 6.58. The van der Waals surface area contributed by atoms with Crippen LogP contribution in [0.4, 0.5) is 0 Å². The summed E-state index contributed by atoms with van der Waals surface area (Å²) < 4.78 is 2.19. The maximum Gasteiger partial charge on any atom is 0.223 e. The molecule has 1 aromatic heterocycles. The number of fused-ring (bicyclic) bond motifs is 1. The maximum absolute atomic E-state index is 11.6. The number of aromatic nitrogens is 1. The van der Waals surface area contributed by atoms with Gasteiger partial charge in [0.2, 0.25) is 5.91 Å². The van der Waals surface area contributed by atoms with Crippen LogP contribution in [0.2, 0.25) is 0 Å². The molecule has 1 unspecified atom stereocenters. The molecular weight excluding hydrogens is 228 g/mol. The summed E-state index contributed by atoms with van der Waals surface area (Å²) in [6, 6.07) is 2.07. The lowest BCUT2D eigenvalue weighted by atomic mass is 9.95. The van der Waals surface area contributed by atoms with Gasteiger partial charge in [0, 0.05) is 44.0 Å². The summed E-state index contributed by atoms with van der Waals surface area (Å²) in [6.07, 6.45) is 3.09. The number of aryl methyl sites for hydroxylation is 1. The molecule has 1 N–H and O–H groups in total. The summed E-state index contributed by atoms with van der Waals surface area (Å²) in [5.74, 6) is 0.146. The molecule has 0 aromatic carbocycles. The van der Waals surface area contributed by atoms with Crippen molar-refractivity contribution in [1.29, 1.82) is 0 Å². The molecule has 1 aliphatic rings. The van der Waals surface area contributed by atoms with E-state index in [0.29, 0.717) is 13.0 Å². The number of carbonyl (C=O) groups is 1. The fourth-order valence-electron chi connectivity index (χ4n) is 2.68. The standard InChI is InChI=1S/C14H22N2O2/c1-10-9-11-12(5-4-6-13(11)17)16(10)8-7-14(18)15(2)3/h9,13,17H,4-8H2,1-3H3. The Balaban J connectivity index is 2.16. The van der Waals surface area contributed by atoms with Gasteiger partial charge in [0.15, 0.2) is 0 Å². The largest absolute Gasteiger partial charge is 0.388 e. The number of nitrogens with zero attached hydrogens (tertiary/aromatic N) is 2. The van der Waals surface area contributed by atoms with Gasteiger partial charge in [-0.05, 0) is 32.3 Å². The Labute approximate surface area is 108 Å². The van der Waals surface area contributed by atoms with Crippen molar-refractivity contribution >= 4 is 5.91 Å². The summed E-state index contributed by atoms with van der Waals surface area (Å²) in [5.41, 5.74) is 3.43. The Morgan fingerprint density at radius 3 is 2.94 bits per heavy atom. The Morgan fingerprint density at radius 1 is 1.56 bits per heavy atom. The van der Waals surface area contributed by atoms with Crippen molar-refractivity contribution in [1.82, 2.24) is 9.47 Å². The number of carbonyl (C=O) groups excluding carboxylic acids is 1. The summed E-state index contributed by atoms with van der Waals surface area (Å²) >= 11 is 0. The van der Waals surface area contributed by atoms with E-state index in [1.54, 1.807) is 19.0 Å². The van der Waals surface area contributed by atoms with E-state index >= 15 is 0 Å². The molecule has 2 rings (SSSR count). The van der Waals surface area contributed by atoms with Crippen LogP contribution in [0.5, 0.6) is 0 Å². The van der Waals surface area contributed by atoms with Crippen LogP contribution in [-0.4, -0.2) is 34.6 Å². The van der Waals surface area contributed by atoms with Crippen LogP contribution in [0.25, 0.3) is 0 Å². The van der Waals surface area contributed by atoms with Crippen LogP contribution in [0.15, 0.2) is 6.07 Å². The Hall–Kier alpha value is -1.29. The zero-order chi connectivity index (χ0) is 13.3. The van der Waals surface area contributed by atoms with E-state index < -0.39 is 0 Å². The summed E-state index contributed by atoms with van der Waals surface area (Å²) in [4.78, 5) is 13.3. The third-order valence-corrected chi connectivity index (χ3v) is 3.75. The first-order chi connectivity index (χ1) is 8.50. The number of hydrogen-bond donors (Lipinski definition) is 1. The van der Waals surface area contributed by atoms with Crippen molar-refractivity contribution in [2.45, 2.75) is 45.3 Å². The summed E-state index contributed by atoms with van der Waals surface area (Å²) in [7, 11) is 3.56. The predicted octanol–water partition coefficient (Wildman–Crippen LogP) is 1.64. The van der Waals surface area contributed by atoms with Crippen LogP contribution >= 0.6 is 0 Å². The van der Waals surface area contributed by atoms with Crippen molar-refractivity contribution in [3.05, 3.63) is 23.0 Å². The van der Waals surface area contributed by atoms with Crippen molar-refractivity contribution in [2.75, 3.05) is 14.1 Å². The molecule has 0 bridgehead atoms. The smallest absolute Gasteiger partial charge is 0.223 e. The zero-order valence-electron chi connectivity index (χ0n) is 11.4. The van der Waals surface area contributed by atoms with Gasteiger partial charge in [-0.3, -0.25) is 4.79 Å². The van der Waals surface area contributed by atoms with Crippen molar-refractivity contribution in [3.8, 4) is 0 Å². The van der Waals surface area contributed by atoms with Gasteiger partial charge in [0.1, 0.15) is 0 Å². The van der Waals surface area contributed by atoms with E-state index in [0.717, 1.165) is 30.5 Å². The minimum atomic E-state index is -0.321. The van der Waals surface area contributed by atoms with E-state index in [-0.39, 0.29) is 12.0 Å². The van der Waals surface area contributed by atoms with Gasteiger partial charge >= 0.3 is 0 Å². The molecule has 1 amide bonds. The average Bonchev–Trinajstić information content (AvgIpc) is 2.64. The second-order valence-corrected chi connectivity index (χ2v) is 5.29. The topological polar surface area (TPSA) is 45.5 Å². The molecule has 0 aliphatic heterocycles. The number of rotatable bonds is 3. The molecular formula is C14H22N2O2. The molecule has 4 heteroatoms. The normalized spacial score (nSPS) is 18.6. The molecule has 18 heavy (non-hydrogen) atoms. The molecule has 0 spiro atoms. The molecule has 100 valence electrons. The molecule has 0 fully saturated rings. The first-order valence-electron chi connectivity index (χ1n) is 6.58. The SMILES string of the molecule is Cc1cc2c(n1CCC(=O)N(C)C)CCCC2O. The number of hydrogen-bond acceptors (Lipinski definition) is 2. The van der Waals surface area contributed by atoms with Gasteiger partial charge in [-0.25, -0.2) is 0 Å². The Bertz CT molecular complexity index is 449. The first kappa shape index (κ1) is 13.1. The molecule has 1 atom stereocenters. The molecule has 0 radical (unpaired) electrons. The Morgan fingerprint density at radius 2 is 2.28 bits per heavy atom. The van der Waals surface area contributed by atoms with Crippen LogP contribution in [0.3, 0.4) is 0 Å². The van der Waals surface area contributed by atoms with Gasteiger partial charge in [0.05, 0.1) is 6.10 Å². The van der Waals surface area contributed by atoms with E-state index in [2.05, 4.69) is 10.6 Å². The fraction of sp³-hybridized carbons (Fsp3) is 0.643. The van der Waals surface area contributed by atoms with E-state index in [1.165, 1.54) is 5.69 Å². The number of amides is 1. The highest BCUT2D eigenvalue weighted by Gasteiger charge is 2.23. The lowest BCUT2D eigenvalue weighted by Gasteiger charge is -2.20. The summed E-state index contributed by atoms with van der Waals surface area (Å²) in [6.45, 7) is 2.76. The van der Waals surface area contributed by atoms with Gasteiger partial charge in [-0.15, -0.1) is 0 Å². The highest BCUT2D eigenvalue weighted by molar-refractivity contribution is 5.75. The molecule has 4 nitrogen and oxygen atoms in total. The monoisotopic (exact) mass is 250 g/mol. The molecule has 1 aliphatic carbocycles. The van der Waals surface area contributed by atoms with Gasteiger partial charge < -0.3 is 14.6 Å². The summed E-state index contributed by atoms with van der Waals surface area (Å²) in [5, 5.41) is 9.98. The van der Waals surface area contributed by atoms with Crippen LogP contribution in [0.1, 0.15) is 42.3 Å². The average molecular weight is 250 g/mol. The van der Waals surface area contributed by atoms with E-state index in [9.17, 15) is 9.90 Å². The predicted molar refractivity (Wildman–Crippen MR) is 70.4 cm³/mol. The maximum atomic E-state index is 11.6. The minimum Gasteiger partial charge on any atom is -0.388 e. The van der Waals surface area contributed by atoms with E-state index in [1.807, 2.05) is 6.92 Å². The van der Waals surface area contributed by atoms with Crippen molar-refractivity contribution in [2.24, 2.45) is 0 Å². The second kappa shape index (κ2) is 5.14. The van der Waals surface area contributed by atoms with Crippen molar-refractivity contribution < 1.29 is 9.90 Å². The van der Waals surface area contributed by atoms with Gasteiger partial charge in [0.25, 0.3) is 0 Å².